The Morgan fingerprint density at radius 2 is 2.07 bits per heavy atom. The number of halogens is 1. The highest BCUT2D eigenvalue weighted by Crippen LogP contribution is 2.70. The van der Waals surface area contributed by atoms with Crippen LogP contribution in [0.1, 0.15) is 72.1 Å². The number of allylic oxidation sites excluding steroid dienone is 4. The molecule has 4 heteroatoms. The highest BCUT2D eigenvalue weighted by molar-refractivity contribution is 7.99. The van der Waals surface area contributed by atoms with E-state index in [0.29, 0.717) is 29.9 Å². The van der Waals surface area contributed by atoms with Crippen molar-refractivity contribution < 1.29 is 14.3 Å². The van der Waals surface area contributed by atoms with E-state index in [0.717, 1.165) is 44.3 Å². The second kappa shape index (κ2) is 7.73. The number of carboxylic acid groups (broad SMARTS) is 1. The molecule has 2 nitrogen and oxygen atoms in total. The molecule has 4 aliphatic rings. The average Bonchev–Trinajstić information content (AvgIpc) is 2.92. The van der Waals surface area contributed by atoms with E-state index in [4.69, 9.17) is 5.11 Å². The number of hydrogen-bond donors (Lipinski definition) is 1. The molecule has 1 N–H and O–H groups in total. The molecule has 3 saturated carbocycles. The van der Waals surface area contributed by atoms with Crippen molar-refractivity contribution in [2.75, 3.05) is 11.5 Å². The van der Waals surface area contributed by atoms with E-state index in [-0.39, 0.29) is 17.8 Å². The van der Waals surface area contributed by atoms with Gasteiger partial charge in [0, 0.05) is 11.2 Å². The van der Waals surface area contributed by atoms with E-state index in [1.54, 1.807) is 11.8 Å². The van der Waals surface area contributed by atoms with Gasteiger partial charge in [0.25, 0.3) is 0 Å². The minimum atomic E-state index is -1.09. The Bertz CT molecular complexity index is 718. The van der Waals surface area contributed by atoms with Crippen molar-refractivity contribution in [3.63, 3.8) is 0 Å². The van der Waals surface area contributed by atoms with Crippen LogP contribution in [0.5, 0.6) is 0 Å². The van der Waals surface area contributed by atoms with Crippen LogP contribution in [0.3, 0.4) is 0 Å². The molecule has 1 unspecified atom stereocenters. The Morgan fingerprint density at radius 1 is 1.28 bits per heavy atom. The van der Waals surface area contributed by atoms with Crippen LogP contribution in [-0.4, -0.2) is 28.3 Å². The van der Waals surface area contributed by atoms with Crippen molar-refractivity contribution >= 4 is 17.7 Å². The van der Waals surface area contributed by atoms with Gasteiger partial charge in [-0.15, -0.1) is 0 Å². The first-order chi connectivity index (χ1) is 13.7. The van der Waals surface area contributed by atoms with Gasteiger partial charge in [-0.3, -0.25) is 4.79 Å². The summed E-state index contributed by atoms with van der Waals surface area (Å²) in [6.45, 7) is 7.00. The lowest BCUT2D eigenvalue weighted by molar-refractivity contribution is -0.136. The molecule has 0 amide bonds. The number of alkyl halides is 1. The van der Waals surface area contributed by atoms with Crippen LogP contribution in [0.4, 0.5) is 4.39 Å². The molecule has 0 spiro atoms. The van der Waals surface area contributed by atoms with E-state index < -0.39 is 17.1 Å². The van der Waals surface area contributed by atoms with Gasteiger partial charge >= 0.3 is 5.97 Å². The van der Waals surface area contributed by atoms with Crippen LogP contribution in [-0.2, 0) is 4.79 Å². The SMILES string of the molecule is CC1C[C@H]2[C@@H]3CCC4=CCC=C[C@]4(C)[C@@]3(F)CC[C@]2(C)[C@H]1CCSCCC(=O)O. The van der Waals surface area contributed by atoms with Crippen LogP contribution in [0, 0.1) is 34.5 Å². The molecule has 0 aromatic rings. The first kappa shape index (κ1) is 21.5. The van der Waals surface area contributed by atoms with Crippen molar-refractivity contribution in [2.45, 2.75) is 77.8 Å². The van der Waals surface area contributed by atoms with Gasteiger partial charge in [-0.1, -0.05) is 37.6 Å². The van der Waals surface area contributed by atoms with E-state index in [1.165, 1.54) is 5.57 Å². The fourth-order valence-corrected chi connectivity index (χ4v) is 8.72. The average molecular weight is 421 g/mol. The number of carboxylic acids is 1. The topological polar surface area (TPSA) is 37.3 Å². The van der Waals surface area contributed by atoms with E-state index in [1.807, 2.05) is 0 Å². The molecule has 0 aliphatic heterocycles. The van der Waals surface area contributed by atoms with Crippen LogP contribution >= 0.6 is 11.8 Å². The first-order valence-corrected chi connectivity index (χ1v) is 12.7. The molecular weight excluding hydrogens is 383 g/mol. The lowest BCUT2D eigenvalue weighted by Gasteiger charge is -2.60. The maximum absolute atomic E-state index is 16.9. The maximum atomic E-state index is 16.9. The molecule has 0 heterocycles. The Balaban J connectivity index is 1.50. The van der Waals surface area contributed by atoms with Gasteiger partial charge in [0.15, 0.2) is 0 Å². The third kappa shape index (κ3) is 3.32. The fraction of sp³-hybridized carbons (Fsp3) is 0.800. The zero-order chi connectivity index (χ0) is 20.9. The molecule has 0 radical (unpaired) electrons. The quantitative estimate of drug-likeness (QED) is 0.385. The summed E-state index contributed by atoms with van der Waals surface area (Å²) < 4.78 is 16.9. The van der Waals surface area contributed by atoms with Crippen LogP contribution in [0.15, 0.2) is 23.8 Å². The highest BCUT2D eigenvalue weighted by atomic mass is 32.2. The minimum Gasteiger partial charge on any atom is -0.481 e. The summed E-state index contributed by atoms with van der Waals surface area (Å²) >= 11 is 1.77. The van der Waals surface area contributed by atoms with Gasteiger partial charge in [0.2, 0.25) is 0 Å². The predicted octanol–water partition coefficient (Wildman–Crippen LogP) is 6.67. The summed E-state index contributed by atoms with van der Waals surface area (Å²) in [6, 6.07) is 0. The number of thioether (sulfide) groups is 1. The molecule has 0 aromatic carbocycles. The lowest BCUT2D eigenvalue weighted by Crippen LogP contribution is -2.59. The predicted molar refractivity (Wildman–Crippen MR) is 119 cm³/mol. The van der Waals surface area contributed by atoms with Crippen molar-refractivity contribution in [3.05, 3.63) is 23.8 Å². The van der Waals surface area contributed by atoms with Gasteiger partial charge < -0.3 is 5.11 Å². The molecule has 4 aliphatic carbocycles. The Hall–Kier alpha value is -0.770. The van der Waals surface area contributed by atoms with Crippen LogP contribution in [0.2, 0.25) is 0 Å². The molecule has 162 valence electrons. The molecule has 29 heavy (non-hydrogen) atoms. The lowest BCUT2D eigenvalue weighted by atomic mass is 9.46. The first-order valence-electron chi connectivity index (χ1n) is 11.6. The molecule has 4 rings (SSSR count). The third-order valence-corrected chi connectivity index (χ3v) is 10.4. The molecule has 0 aromatic heterocycles. The van der Waals surface area contributed by atoms with Gasteiger partial charge in [-0.2, -0.15) is 11.8 Å². The number of hydrogen-bond acceptors (Lipinski definition) is 2. The summed E-state index contributed by atoms with van der Waals surface area (Å²) in [5.41, 5.74) is 0.0926. The maximum Gasteiger partial charge on any atom is 0.304 e. The Labute approximate surface area is 179 Å². The second-order valence-electron chi connectivity index (χ2n) is 10.6. The molecule has 7 atom stereocenters. The van der Waals surface area contributed by atoms with Crippen LogP contribution < -0.4 is 0 Å². The Morgan fingerprint density at radius 3 is 2.83 bits per heavy atom. The van der Waals surface area contributed by atoms with Gasteiger partial charge in [-0.05, 0) is 86.7 Å². The van der Waals surface area contributed by atoms with Crippen molar-refractivity contribution in [1.29, 1.82) is 0 Å². The molecule has 0 bridgehead atoms. The molecule has 3 fully saturated rings. The van der Waals surface area contributed by atoms with Crippen molar-refractivity contribution in [1.82, 2.24) is 0 Å². The van der Waals surface area contributed by atoms with Gasteiger partial charge in [0.1, 0.15) is 5.67 Å². The minimum absolute atomic E-state index is 0.179. The Kier molecular flexibility index (Phi) is 5.72. The zero-order valence-corrected chi connectivity index (χ0v) is 19.1. The molecular formula is C25H37FO2S. The number of carbonyl (C=O) groups is 1. The van der Waals surface area contributed by atoms with E-state index in [2.05, 4.69) is 39.0 Å². The summed E-state index contributed by atoms with van der Waals surface area (Å²) in [5, 5.41) is 8.84. The van der Waals surface area contributed by atoms with E-state index >= 15 is 4.39 Å². The van der Waals surface area contributed by atoms with Gasteiger partial charge in [-0.25, -0.2) is 4.39 Å². The van der Waals surface area contributed by atoms with Crippen molar-refractivity contribution in [2.24, 2.45) is 34.5 Å². The normalized spacial score (nSPS) is 45.9. The number of aliphatic carboxylic acids is 1. The largest absolute Gasteiger partial charge is 0.481 e. The zero-order valence-electron chi connectivity index (χ0n) is 18.3. The monoisotopic (exact) mass is 420 g/mol. The molecule has 0 saturated heterocycles. The number of fused-ring (bicyclic) bond motifs is 5. The number of rotatable bonds is 6. The summed E-state index contributed by atoms with van der Waals surface area (Å²) in [5.74, 6) is 2.97. The standard InChI is InChI=1S/C25H37FO2S/c1-17-16-21-20-8-7-18-6-4-5-11-24(18,3)25(20,26)13-12-23(21,2)19(17)9-14-29-15-10-22(27)28/h5-6,11,17,19-21H,4,7-10,12-16H2,1-3H3,(H,27,28)/t17?,19-,20-,21-,23+,24-,25+/m0/s1. The smallest absolute Gasteiger partial charge is 0.304 e. The van der Waals surface area contributed by atoms with E-state index in [9.17, 15) is 4.79 Å². The van der Waals surface area contributed by atoms with Crippen molar-refractivity contribution in [3.8, 4) is 0 Å². The summed E-state index contributed by atoms with van der Waals surface area (Å²) in [4.78, 5) is 10.7. The fourth-order valence-electron chi connectivity index (χ4n) is 7.78. The van der Waals surface area contributed by atoms with Gasteiger partial charge in [0.05, 0.1) is 6.42 Å². The summed E-state index contributed by atoms with van der Waals surface area (Å²) in [6.07, 6.45) is 14.0. The highest BCUT2D eigenvalue weighted by Gasteiger charge is 2.66. The van der Waals surface area contributed by atoms with Crippen LogP contribution in [0.25, 0.3) is 0 Å². The second-order valence-corrected chi connectivity index (χ2v) is 11.8. The summed E-state index contributed by atoms with van der Waals surface area (Å²) in [7, 11) is 0. The third-order valence-electron chi connectivity index (χ3n) is 9.35.